The van der Waals surface area contributed by atoms with E-state index in [2.05, 4.69) is 32.1 Å². The van der Waals surface area contributed by atoms with E-state index in [-0.39, 0.29) is 11.7 Å². The molecular weight excluding hydrogens is 345 g/mol. The molecule has 1 aliphatic heterocycles. The van der Waals surface area contributed by atoms with Gasteiger partial charge in [0.25, 0.3) is 5.91 Å². The van der Waals surface area contributed by atoms with Crippen molar-refractivity contribution >= 4 is 28.2 Å². The Balaban J connectivity index is 1.54. The van der Waals surface area contributed by atoms with E-state index >= 15 is 0 Å². The molecule has 1 aliphatic rings. The van der Waals surface area contributed by atoms with Gasteiger partial charge < -0.3 is 20.1 Å². The summed E-state index contributed by atoms with van der Waals surface area (Å²) in [6, 6.07) is 6.57. The third-order valence-electron chi connectivity index (χ3n) is 5.04. The Morgan fingerprint density at radius 1 is 1.19 bits per heavy atom. The van der Waals surface area contributed by atoms with Crippen molar-refractivity contribution in [2.24, 2.45) is 0 Å². The number of carbonyl (C=O) groups excluding carboxylic acids is 1. The number of nitrogens with zero attached hydrogens (tertiary/aromatic N) is 3. The number of pyridine rings is 1. The third-order valence-corrected chi connectivity index (χ3v) is 5.04. The maximum atomic E-state index is 14.0. The predicted octanol–water partition coefficient (Wildman–Crippen LogP) is 3.01. The summed E-state index contributed by atoms with van der Waals surface area (Å²) in [6.45, 7) is 5.73. The number of aromatic amines is 1. The van der Waals surface area contributed by atoms with Crippen LogP contribution in [0.2, 0.25) is 0 Å². The van der Waals surface area contributed by atoms with Crippen molar-refractivity contribution < 1.29 is 9.18 Å². The van der Waals surface area contributed by atoms with Crippen molar-refractivity contribution in [3.63, 3.8) is 0 Å². The lowest BCUT2D eigenvalue weighted by Crippen LogP contribution is -2.44. The highest BCUT2D eigenvalue weighted by atomic mass is 19.1. The Morgan fingerprint density at radius 3 is 2.70 bits per heavy atom. The van der Waals surface area contributed by atoms with Crippen molar-refractivity contribution in [3.8, 4) is 0 Å². The number of nitrogens with one attached hydrogen (secondary N) is 2. The van der Waals surface area contributed by atoms with Crippen LogP contribution in [0.4, 0.5) is 15.8 Å². The first kappa shape index (κ1) is 17.5. The van der Waals surface area contributed by atoms with Gasteiger partial charge in [-0.05, 0) is 37.7 Å². The summed E-state index contributed by atoms with van der Waals surface area (Å²) in [5.41, 5.74) is 3.46. The lowest BCUT2D eigenvalue weighted by atomic mass is 10.1. The number of fused-ring (bicyclic) bond motifs is 1. The molecule has 1 aromatic carbocycles. The van der Waals surface area contributed by atoms with Gasteiger partial charge in [-0.25, -0.2) is 4.39 Å². The smallest absolute Gasteiger partial charge is 0.272 e. The maximum absolute atomic E-state index is 14.0. The van der Waals surface area contributed by atoms with Gasteiger partial charge in [-0.2, -0.15) is 0 Å². The fourth-order valence-electron chi connectivity index (χ4n) is 3.38. The molecule has 0 radical (unpaired) electrons. The number of halogens is 1. The largest absolute Gasteiger partial charge is 0.368 e. The van der Waals surface area contributed by atoms with E-state index < -0.39 is 0 Å². The summed E-state index contributed by atoms with van der Waals surface area (Å²) >= 11 is 0. The molecule has 2 aromatic heterocycles. The van der Waals surface area contributed by atoms with Crippen LogP contribution >= 0.6 is 0 Å². The number of aryl methyl sites for hydroxylation is 1. The molecule has 0 bridgehead atoms. The standard InChI is InChI=1S/C20H22FN5O/c1-13-3-4-17(21)16-10-18(24-19(13)16)20(27)23-14-9-15(12-22-11-14)26-7-5-25(2)6-8-26/h3-4,9-12,24H,5-8H2,1-2H3,(H,23,27). The van der Waals surface area contributed by atoms with Crippen molar-refractivity contribution in [2.75, 3.05) is 43.4 Å². The van der Waals surface area contributed by atoms with Gasteiger partial charge in [0.2, 0.25) is 0 Å². The van der Waals surface area contributed by atoms with Crippen LogP contribution in [-0.4, -0.2) is 54.0 Å². The number of aromatic nitrogens is 2. The van der Waals surface area contributed by atoms with Gasteiger partial charge in [0.1, 0.15) is 11.5 Å². The van der Waals surface area contributed by atoms with Crippen molar-refractivity contribution in [1.82, 2.24) is 14.9 Å². The Labute approximate surface area is 157 Å². The molecule has 1 saturated heterocycles. The van der Waals surface area contributed by atoms with E-state index in [1.807, 2.05) is 19.2 Å². The highest BCUT2D eigenvalue weighted by Crippen LogP contribution is 2.24. The fourth-order valence-corrected chi connectivity index (χ4v) is 3.38. The summed E-state index contributed by atoms with van der Waals surface area (Å²) in [6.07, 6.45) is 3.43. The Kier molecular flexibility index (Phi) is 4.53. The molecule has 140 valence electrons. The van der Waals surface area contributed by atoms with Gasteiger partial charge >= 0.3 is 0 Å². The van der Waals surface area contributed by atoms with Gasteiger partial charge in [-0.1, -0.05) is 6.07 Å². The molecule has 0 atom stereocenters. The lowest BCUT2D eigenvalue weighted by Gasteiger charge is -2.33. The van der Waals surface area contributed by atoms with Gasteiger partial charge in [0.15, 0.2) is 0 Å². The molecule has 2 N–H and O–H groups in total. The first-order chi connectivity index (χ1) is 13.0. The van der Waals surface area contributed by atoms with Crippen LogP contribution in [0, 0.1) is 12.7 Å². The Bertz CT molecular complexity index is 952. The van der Waals surface area contributed by atoms with E-state index in [1.54, 1.807) is 18.3 Å². The van der Waals surface area contributed by atoms with Gasteiger partial charge in [0.05, 0.1) is 29.3 Å². The average molecular weight is 367 g/mol. The number of rotatable bonds is 3. The zero-order valence-electron chi connectivity index (χ0n) is 15.4. The zero-order valence-corrected chi connectivity index (χ0v) is 15.4. The highest BCUT2D eigenvalue weighted by molar-refractivity contribution is 6.06. The van der Waals surface area contributed by atoms with Crippen LogP contribution in [0.25, 0.3) is 10.9 Å². The normalized spacial score (nSPS) is 15.3. The minimum Gasteiger partial charge on any atom is -0.368 e. The zero-order chi connectivity index (χ0) is 19.0. The maximum Gasteiger partial charge on any atom is 0.272 e. The van der Waals surface area contributed by atoms with E-state index in [1.165, 1.54) is 6.07 Å². The van der Waals surface area contributed by atoms with Crippen LogP contribution in [0.1, 0.15) is 16.1 Å². The first-order valence-electron chi connectivity index (χ1n) is 8.99. The summed E-state index contributed by atoms with van der Waals surface area (Å²) in [7, 11) is 2.11. The summed E-state index contributed by atoms with van der Waals surface area (Å²) in [5, 5.41) is 3.27. The number of H-pyrrole nitrogens is 1. The van der Waals surface area contributed by atoms with Crippen LogP contribution in [-0.2, 0) is 0 Å². The molecule has 0 saturated carbocycles. The number of hydrogen-bond acceptors (Lipinski definition) is 4. The number of hydrogen-bond donors (Lipinski definition) is 2. The Hall–Kier alpha value is -2.93. The summed E-state index contributed by atoms with van der Waals surface area (Å²) < 4.78 is 14.0. The molecule has 6 nitrogen and oxygen atoms in total. The molecule has 4 rings (SSSR count). The number of anilines is 2. The van der Waals surface area contributed by atoms with Gasteiger partial charge in [0, 0.05) is 31.6 Å². The second-order valence-electron chi connectivity index (χ2n) is 7.01. The molecule has 7 heteroatoms. The number of amides is 1. The van der Waals surface area contributed by atoms with Crippen LogP contribution in [0.3, 0.4) is 0 Å². The summed E-state index contributed by atoms with van der Waals surface area (Å²) in [5.74, 6) is -0.660. The molecule has 0 aliphatic carbocycles. The summed E-state index contributed by atoms with van der Waals surface area (Å²) in [4.78, 5) is 24.4. The average Bonchev–Trinajstić information content (AvgIpc) is 3.13. The highest BCUT2D eigenvalue weighted by Gasteiger charge is 2.17. The number of benzene rings is 1. The fraction of sp³-hybridized carbons (Fsp3) is 0.300. The SMILES string of the molecule is Cc1ccc(F)c2cc(C(=O)Nc3cncc(N4CCN(C)CC4)c3)[nH]c12. The number of likely N-dealkylation sites (N-methyl/N-ethyl adjacent to an activating group) is 1. The van der Waals surface area contributed by atoms with Crippen LogP contribution in [0.5, 0.6) is 0 Å². The van der Waals surface area contributed by atoms with E-state index in [0.717, 1.165) is 37.4 Å². The first-order valence-corrected chi connectivity index (χ1v) is 8.99. The van der Waals surface area contributed by atoms with Crippen LogP contribution in [0.15, 0.2) is 36.7 Å². The molecule has 3 aromatic rings. The predicted molar refractivity (Wildman–Crippen MR) is 105 cm³/mol. The van der Waals surface area contributed by atoms with Crippen molar-refractivity contribution in [3.05, 3.63) is 53.7 Å². The monoisotopic (exact) mass is 367 g/mol. The Morgan fingerprint density at radius 2 is 1.96 bits per heavy atom. The van der Waals surface area contributed by atoms with E-state index in [4.69, 9.17) is 0 Å². The minimum absolute atomic E-state index is 0.317. The molecule has 0 unspecified atom stereocenters. The third kappa shape index (κ3) is 3.50. The molecule has 3 heterocycles. The lowest BCUT2D eigenvalue weighted by molar-refractivity contribution is 0.102. The second-order valence-corrected chi connectivity index (χ2v) is 7.01. The minimum atomic E-state index is -0.343. The molecule has 27 heavy (non-hydrogen) atoms. The molecule has 1 fully saturated rings. The van der Waals surface area contributed by atoms with Crippen LogP contribution < -0.4 is 10.2 Å². The number of carbonyl (C=O) groups is 1. The van der Waals surface area contributed by atoms with E-state index in [9.17, 15) is 9.18 Å². The van der Waals surface area contributed by atoms with Gasteiger partial charge in [-0.3, -0.25) is 9.78 Å². The quantitative estimate of drug-likeness (QED) is 0.747. The molecular formula is C20H22FN5O. The van der Waals surface area contributed by atoms with Gasteiger partial charge in [-0.15, -0.1) is 0 Å². The molecule has 0 spiro atoms. The second kappa shape index (κ2) is 7.00. The van der Waals surface area contributed by atoms with E-state index in [0.29, 0.717) is 22.3 Å². The van der Waals surface area contributed by atoms with Crippen molar-refractivity contribution in [2.45, 2.75) is 6.92 Å². The molecule has 1 amide bonds. The van der Waals surface area contributed by atoms with Crippen molar-refractivity contribution in [1.29, 1.82) is 0 Å². The number of piperazine rings is 1. The topological polar surface area (TPSA) is 64.3 Å².